The molecule has 0 radical (unpaired) electrons. The van der Waals surface area contributed by atoms with Crippen LogP contribution in [-0.2, 0) is 6.54 Å². The Morgan fingerprint density at radius 1 is 1.33 bits per heavy atom. The summed E-state index contributed by atoms with van der Waals surface area (Å²) in [4.78, 5) is 17.1. The van der Waals surface area contributed by atoms with Crippen molar-refractivity contribution < 1.29 is 9.21 Å². The molecule has 3 rings (SSSR count). The number of aromatic amines is 1. The lowest BCUT2D eigenvalue weighted by Gasteiger charge is -2.14. The molecule has 0 unspecified atom stereocenters. The van der Waals surface area contributed by atoms with Crippen LogP contribution in [0.1, 0.15) is 22.0 Å². The van der Waals surface area contributed by atoms with E-state index in [0.29, 0.717) is 17.9 Å². The van der Waals surface area contributed by atoms with Gasteiger partial charge in [-0.1, -0.05) is 12.1 Å². The van der Waals surface area contributed by atoms with Gasteiger partial charge >= 0.3 is 0 Å². The number of nitrogens with two attached hydrogens (primary N) is 1. The van der Waals surface area contributed by atoms with Crippen LogP contribution in [0.3, 0.4) is 0 Å². The fourth-order valence-electron chi connectivity index (χ4n) is 2.38. The smallest absolute Gasteiger partial charge is 0.270 e. The molecule has 0 atom stereocenters. The third kappa shape index (κ3) is 2.50. The average molecular weight is 283 g/mol. The monoisotopic (exact) mass is 283 g/mol. The molecule has 1 aromatic carbocycles. The van der Waals surface area contributed by atoms with Gasteiger partial charge in [-0.05, 0) is 31.2 Å². The maximum atomic E-state index is 12.4. The van der Waals surface area contributed by atoms with Crippen molar-refractivity contribution in [3.63, 3.8) is 0 Å². The van der Waals surface area contributed by atoms with E-state index in [4.69, 9.17) is 10.2 Å². The molecule has 108 valence electrons. The van der Waals surface area contributed by atoms with Crippen molar-refractivity contribution >= 4 is 22.5 Å². The molecule has 0 saturated carbocycles. The topological polar surface area (TPSA) is 75.3 Å². The first-order valence-corrected chi connectivity index (χ1v) is 6.72. The molecule has 3 N–H and O–H groups in total. The number of aromatic nitrogens is 1. The summed E-state index contributed by atoms with van der Waals surface area (Å²) in [5.41, 5.74) is 7.85. The number of nitrogen functional groups attached to an aromatic ring is 1. The van der Waals surface area contributed by atoms with Gasteiger partial charge in [-0.3, -0.25) is 4.79 Å². The Morgan fingerprint density at radius 2 is 2.14 bits per heavy atom. The van der Waals surface area contributed by atoms with E-state index in [1.54, 1.807) is 11.9 Å². The maximum Gasteiger partial charge on any atom is 0.270 e. The van der Waals surface area contributed by atoms with Crippen molar-refractivity contribution in [2.24, 2.45) is 0 Å². The van der Waals surface area contributed by atoms with Crippen molar-refractivity contribution in [1.82, 2.24) is 9.88 Å². The molecular formula is C16H17N3O2. The van der Waals surface area contributed by atoms with Crippen molar-refractivity contribution in [2.45, 2.75) is 13.5 Å². The van der Waals surface area contributed by atoms with Gasteiger partial charge in [0, 0.05) is 12.4 Å². The number of H-pyrrole nitrogens is 1. The minimum atomic E-state index is -0.0975. The van der Waals surface area contributed by atoms with Crippen LogP contribution in [0.4, 0.5) is 5.69 Å². The predicted octanol–water partition coefficient (Wildman–Crippen LogP) is 2.92. The lowest BCUT2D eigenvalue weighted by atomic mass is 10.2. The molecule has 0 bridgehead atoms. The highest BCUT2D eigenvalue weighted by Gasteiger charge is 2.16. The van der Waals surface area contributed by atoms with E-state index < -0.39 is 0 Å². The zero-order valence-electron chi connectivity index (χ0n) is 12.0. The van der Waals surface area contributed by atoms with E-state index in [0.717, 1.165) is 22.4 Å². The summed E-state index contributed by atoms with van der Waals surface area (Å²) >= 11 is 0. The number of carbonyl (C=O) groups excluding carboxylic acids is 1. The second-order valence-corrected chi connectivity index (χ2v) is 5.17. The Kier molecular flexibility index (Phi) is 3.17. The summed E-state index contributed by atoms with van der Waals surface area (Å²) in [7, 11) is 1.75. The Hall–Kier alpha value is -2.69. The van der Waals surface area contributed by atoms with Crippen LogP contribution in [0.5, 0.6) is 0 Å². The van der Waals surface area contributed by atoms with Crippen LogP contribution in [0, 0.1) is 6.92 Å². The number of furan rings is 1. The van der Waals surface area contributed by atoms with Gasteiger partial charge < -0.3 is 20.0 Å². The molecular weight excluding hydrogens is 266 g/mol. The Morgan fingerprint density at radius 3 is 2.81 bits per heavy atom. The van der Waals surface area contributed by atoms with Crippen LogP contribution in [0.15, 0.2) is 40.8 Å². The molecule has 0 aliphatic heterocycles. The van der Waals surface area contributed by atoms with Gasteiger partial charge in [-0.25, -0.2) is 0 Å². The number of carbonyl (C=O) groups is 1. The summed E-state index contributed by atoms with van der Waals surface area (Å²) in [5.74, 6) is 1.50. The van der Waals surface area contributed by atoms with Gasteiger partial charge in [0.15, 0.2) is 0 Å². The molecule has 3 aromatic rings. The first kappa shape index (κ1) is 13.3. The number of para-hydroxylation sites is 1. The number of fused-ring (bicyclic) bond motifs is 1. The molecule has 5 heteroatoms. The largest absolute Gasteiger partial charge is 0.464 e. The van der Waals surface area contributed by atoms with Crippen molar-refractivity contribution in [3.05, 3.63) is 53.6 Å². The molecule has 21 heavy (non-hydrogen) atoms. The van der Waals surface area contributed by atoms with Gasteiger partial charge in [-0.2, -0.15) is 0 Å². The quantitative estimate of drug-likeness (QED) is 0.726. The fourth-order valence-corrected chi connectivity index (χ4v) is 2.38. The average Bonchev–Trinajstić information content (AvgIpc) is 3.05. The zero-order valence-corrected chi connectivity index (χ0v) is 12.0. The third-order valence-corrected chi connectivity index (χ3v) is 3.45. The number of hydrogen-bond donors (Lipinski definition) is 2. The summed E-state index contributed by atoms with van der Waals surface area (Å²) < 4.78 is 5.49. The van der Waals surface area contributed by atoms with Crippen LogP contribution in [-0.4, -0.2) is 22.8 Å². The fraction of sp³-hybridized carbons (Fsp3) is 0.188. The zero-order chi connectivity index (χ0) is 15.0. The van der Waals surface area contributed by atoms with Crippen molar-refractivity contribution in [1.29, 1.82) is 0 Å². The third-order valence-electron chi connectivity index (χ3n) is 3.45. The van der Waals surface area contributed by atoms with E-state index in [1.165, 1.54) is 0 Å². The van der Waals surface area contributed by atoms with E-state index in [-0.39, 0.29) is 5.91 Å². The lowest BCUT2D eigenvalue weighted by molar-refractivity contribution is 0.0770. The SMILES string of the molecule is Cc1ccc(CN(C)C(=O)c2cc3cccc(N)c3[nH]2)o1. The van der Waals surface area contributed by atoms with Crippen LogP contribution in [0.25, 0.3) is 10.9 Å². The molecule has 2 heterocycles. The maximum absolute atomic E-state index is 12.4. The summed E-state index contributed by atoms with van der Waals surface area (Å²) in [6.07, 6.45) is 0. The number of benzene rings is 1. The number of amides is 1. The number of aryl methyl sites for hydroxylation is 1. The highest BCUT2D eigenvalue weighted by molar-refractivity contribution is 6.00. The second-order valence-electron chi connectivity index (χ2n) is 5.17. The Bertz CT molecular complexity index is 801. The van der Waals surface area contributed by atoms with Gasteiger partial charge in [0.05, 0.1) is 17.7 Å². The molecule has 5 nitrogen and oxygen atoms in total. The van der Waals surface area contributed by atoms with Gasteiger partial charge in [0.25, 0.3) is 5.91 Å². The van der Waals surface area contributed by atoms with E-state index in [2.05, 4.69) is 4.98 Å². The van der Waals surface area contributed by atoms with Crippen molar-refractivity contribution in [3.8, 4) is 0 Å². The van der Waals surface area contributed by atoms with Crippen LogP contribution < -0.4 is 5.73 Å². The molecule has 0 saturated heterocycles. The first-order chi connectivity index (χ1) is 10.0. The number of nitrogens with zero attached hydrogens (tertiary/aromatic N) is 1. The minimum absolute atomic E-state index is 0.0975. The normalized spacial score (nSPS) is 11.0. The summed E-state index contributed by atoms with van der Waals surface area (Å²) in [6, 6.07) is 11.2. The standard InChI is InChI=1S/C16H17N3O2/c1-10-6-7-12(21-10)9-19(2)16(20)14-8-11-4-3-5-13(17)15(11)18-14/h3-8,18H,9,17H2,1-2H3. The Balaban J connectivity index is 1.84. The molecule has 0 fully saturated rings. The highest BCUT2D eigenvalue weighted by atomic mass is 16.3. The number of nitrogens with one attached hydrogen (secondary N) is 1. The summed E-state index contributed by atoms with van der Waals surface area (Å²) in [5, 5.41) is 0.931. The number of anilines is 1. The van der Waals surface area contributed by atoms with Crippen LogP contribution >= 0.6 is 0 Å². The second kappa shape index (κ2) is 5.01. The number of hydrogen-bond acceptors (Lipinski definition) is 3. The molecule has 0 spiro atoms. The molecule has 0 aliphatic carbocycles. The first-order valence-electron chi connectivity index (χ1n) is 6.72. The molecule has 0 aliphatic rings. The predicted molar refractivity (Wildman–Crippen MR) is 82.0 cm³/mol. The van der Waals surface area contributed by atoms with Crippen LogP contribution in [0.2, 0.25) is 0 Å². The Labute approximate surface area is 122 Å². The van der Waals surface area contributed by atoms with Gasteiger partial charge in [-0.15, -0.1) is 0 Å². The van der Waals surface area contributed by atoms with E-state index >= 15 is 0 Å². The van der Waals surface area contributed by atoms with Gasteiger partial charge in [0.2, 0.25) is 0 Å². The van der Waals surface area contributed by atoms with Crippen molar-refractivity contribution in [2.75, 3.05) is 12.8 Å². The van der Waals surface area contributed by atoms with E-state index in [9.17, 15) is 4.79 Å². The highest BCUT2D eigenvalue weighted by Crippen LogP contribution is 2.22. The summed E-state index contributed by atoms with van der Waals surface area (Å²) in [6.45, 7) is 2.31. The molecule has 2 aromatic heterocycles. The van der Waals surface area contributed by atoms with Gasteiger partial charge in [0.1, 0.15) is 17.2 Å². The lowest BCUT2D eigenvalue weighted by Crippen LogP contribution is -2.26. The minimum Gasteiger partial charge on any atom is -0.464 e. The van der Waals surface area contributed by atoms with E-state index in [1.807, 2.05) is 43.3 Å². The molecule has 1 amide bonds. The number of rotatable bonds is 3.